The quantitative estimate of drug-likeness (QED) is 0.550. The molecule has 80 valence electrons. The van der Waals surface area contributed by atoms with Crippen LogP contribution in [0.4, 0.5) is 0 Å². The van der Waals surface area contributed by atoms with Crippen LogP contribution < -0.4 is 0 Å². The van der Waals surface area contributed by atoms with E-state index in [-0.39, 0.29) is 6.10 Å². The lowest BCUT2D eigenvalue weighted by molar-refractivity contribution is -0.133. The number of thioether (sulfide) groups is 1. The van der Waals surface area contributed by atoms with Gasteiger partial charge < -0.3 is 9.47 Å². The Morgan fingerprint density at radius 2 is 2.36 bits per heavy atom. The minimum Gasteiger partial charge on any atom is -0.347 e. The van der Waals surface area contributed by atoms with E-state index in [4.69, 9.17) is 21.7 Å². The van der Waals surface area contributed by atoms with Gasteiger partial charge >= 0.3 is 0 Å². The van der Waals surface area contributed by atoms with Crippen LogP contribution in [0.15, 0.2) is 12.2 Å². The van der Waals surface area contributed by atoms with Crippen LogP contribution in [0.2, 0.25) is 0 Å². The van der Waals surface area contributed by atoms with Crippen molar-refractivity contribution in [3.63, 3.8) is 0 Å². The van der Waals surface area contributed by atoms with Crippen molar-refractivity contribution in [1.29, 1.82) is 0 Å². The third-order valence-electron chi connectivity index (χ3n) is 1.76. The van der Waals surface area contributed by atoms with Crippen molar-refractivity contribution < 1.29 is 9.47 Å². The Hall–Kier alpha value is 0.1000. The van der Waals surface area contributed by atoms with Gasteiger partial charge in [0.15, 0.2) is 5.79 Å². The van der Waals surface area contributed by atoms with Crippen LogP contribution in [0.25, 0.3) is 0 Å². The van der Waals surface area contributed by atoms with Gasteiger partial charge in [0.1, 0.15) is 6.10 Å². The van der Waals surface area contributed by atoms with Gasteiger partial charge in [-0.15, -0.1) is 11.8 Å². The molecule has 14 heavy (non-hydrogen) atoms. The average Bonchev–Trinajstić information content (AvgIpc) is 2.39. The molecule has 1 unspecified atom stereocenters. The van der Waals surface area contributed by atoms with E-state index in [1.54, 1.807) is 11.8 Å². The largest absolute Gasteiger partial charge is 0.347 e. The normalized spacial score (nSPS) is 25.8. The van der Waals surface area contributed by atoms with E-state index in [9.17, 15) is 0 Å². The maximum Gasteiger partial charge on any atom is 0.163 e. The van der Waals surface area contributed by atoms with Gasteiger partial charge in [0.05, 0.1) is 6.61 Å². The Morgan fingerprint density at radius 3 is 2.86 bits per heavy atom. The zero-order valence-corrected chi connectivity index (χ0v) is 10.4. The molecule has 0 N–H and O–H groups in total. The molecule has 1 saturated heterocycles. The molecular formula is C10H16O2S2. The van der Waals surface area contributed by atoms with E-state index in [0.717, 1.165) is 9.95 Å². The van der Waals surface area contributed by atoms with E-state index < -0.39 is 5.79 Å². The standard InChI is InChI=1S/C10H16O2S2/c1-8(13)14-6-4-5-9-7-11-10(2,3)12-9/h4-5,9H,6-7H2,1-3H3/b5-4+. The van der Waals surface area contributed by atoms with Crippen molar-refractivity contribution in [2.45, 2.75) is 32.7 Å². The third-order valence-corrected chi connectivity index (χ3v) is 2.88. The summed E-state index contributed by atoms with van der Waals surface area (Å²) >= 11 is 6.62. The lowest BCUT2D eigenvalue weighted by Gasteiger charge is -2.15. The Balaban J connectivity index is 2.22. The zero-order chi connectivity index (χ0) is 10.6. The smallest absolute Gasteiger partial charge is 0.163 e. The summed E-state index contributed by atoms with van der Waals surface area (Å²) in [6.45, 7) is 6.43. The second-order valence-electron chi connectivity index (χ2n) is 3.60. The average molecular weight is 232 g/mol. The fraction of sp³-hybridized carbons (Fsp3) is 0.700. The highest BCUT2D eigenvalue weighted by molar-refractivity contribution is 8.23. The summed E-state index contributed by atoms with van der Waals surface area (Å²) in [5.74, 6) is 0.484. The molecule has 1 rings (SSSR count). The molecule has 1 aliphatic heterocycles. The summed E-state index contributed by atoms with van der Waals surface area (Å²) in [5, 5.41) is 0. The lowest BCUT2D eigenvalue weighted by atomic mass is 10.3. The topological polar surface area (TPSA) is 18.5 Å². The van der Waals surface area contributed by atoms with Gasteiger partial charge in [0, 0.05) is 9.95 Å². The lowest BCUT2D eigenvalue weighted by Crippen LogP contribution is -2.20. The number of thiocarbonyl (C=S) groups is 1. The van der Waals surface area contributed by atoms with Gasteiger partial charge in [-0.05, 0) is 20.8 Å². The van der Waals surface area contributed by atoms with Crippen molar-refractivity contribution in [3.05, 3.63) is 12.2 Å². The van der Waals surface area contributed by atoms with E-state index in [1.807, 2.05) is 26.8 Å². The van der Waals surface area contributed by atoms with E-state index in [1.165, 1.54) is 0 Å². The minimum atomic E-state index is -0.428. The summed E-state index contributed by atoms with van der Waals surface area (Å²) in [6, 6.07) is 0. The Labute approximate surface area is 95.0 Å². The number of hydrogen-bond donors (Lipinski definition) is 0. The SMILES string of the molecule is CC(=S)SC/C=C/C1COC(C)(C)O1. The highest BCUT2D eigenvalue weighted by Crippen LogP contribution is 2.22. The summed E-state index contributed by atoms with van der Waals surface area (Å²) in [6.07, 6.45) is 4.21. The van der Waals surface area contributed by atoms with Crippen LogP contribution in [-0.4, -0.2) is 28.4 Å². The Morgan fingerprint density at radius 1 is 1.64 bits per heavy atom. The first-order chi connectivity index (χ1) is 6.49. The first-order valence-corrected chi connectivity index (χ1v) is 6.01. The van der Waals surface area contributed by atoms with Crippen LogP contribution >= 0.6 is 24.0 Å². The van der Waals surface area contributed by atoms with Gasteiger partial charge in [0.25, 0.3) is 0 Å². The molecule has 0 amide bonds. The van der Waals surface area contributed by atoms with E-state index in [0.29, 0.717) is 6.61 Å². The van der Waals surface area contributed by atoms with Gasteiger partial charge in [0.2, 0.25) is 0 Å². The van der Waals surface area contributed by atoms with Gasteiger partial charge in [-0.1, -0.05) is 24.4 Å². The molecule has 0 aliphatic carbocycles. The summed E-state index contributed by atoms with van der Waals surface area (Å²) in [4.78, 5) is 0. The van der Waals surface area contributed by atoms with Gasteiger partial charge in [-0.25, -0.2) is 0 Å². The molecule has 1 heterocycles. The monoisotopic (exact) mass is 232 g/mol. The number of ether oxygens (including phenoxy) is 2. The molecule has 0 aromatic carbocycles. The first kappa shape index (κ1) is 12.2. The Bertz CT molecular complexity index is 236. The van der Waals surface area contributed by atoms with E-state index >= 15 is 0 Å². The van der Waals surface area contributed by atoms with Crippen LogP contribution in [0.1, 0.15) is 20.8 Å². The molecule has 1 atom stereocenters. The molecule has 0 aromatic rings. The maximum atomic E-state index is 5.60. The Kier molecular flexibility index (Phi) is 4.57. The molecule has 0 saturated carbocycles. The molecule has 0 radical (unpaired) electrons. The minimum absolute atomic E-state index is 0.0935. The van der Waals surface area contributed by atoms with Gasteiger partial charge in [-0.3, -0.25) is 0 Å². The molecule has 0 aromatic heterocycles. The van der Waals surface area contributed by atoms with Crippen LogP contribution in [0, 0.1) is 0 Å². The van der Waals surface area contributed by atoms with Crippen molar-refractivity contribution >= 4 is 28.2 Å². The van der Waals surface area contributed by atoms with Crippen LogP contribution in [-0.2, 0) is 9.47 Å². The van der Waals surface area contributed by atoms with Crippen molar-refractivity contribution in [2.24, 2.45) is 0 Å². The molecule has 4 heteroatoms. The number of rotatable bonds is 3. The fourth-order valence-electron chi connectivity index (χ4n) is 1.18. The first-order valence-electron chi connectivity index (χ1n) is 4.61. The molecule has 0 bridgehead atoms. The summed E-state index contributed by atoms with van der Waals surface area (Å²) in [7, 11) is 0. The zero-order valence-electron chi connectivity index (χ0n) is 8.78. The molecular weight excluding hydrogens is 216 g/mol. The third kappa shape index (κ3) is 4.55. The molecule has 0 spiro atoms. The van der Waals surface area contributed by atoms with Crippen molar-refractivity contribution in [3.8, 4) is 0 Å². The second-order valence-corrected chi connectivity index (χ2v) is 5.70. The van der Waals surface area contributed by atoms with Crippen molar-refractivity contribution in [1.82, 2.24) is 0 Å². The van der Waals surface area contributed by atoms with Crippen molar-refractivity contribution in [2.75, 3.05) is 12.4 Å². The highest BCUT2D eigenvalue weighted by Gasteiger charge is 2.30. The van der Waals surface area contributed by atoms with Gasteiger partial charge in [-0.2, -0.15) is 0 Å². The summed E-state index contributed by atoms with van der Waals surface area (Å²) in [5.41, 5.74) is 0. The van der Waals surface area contributed by atoms with E-state index in [2.05, 4.69) is 6.08 Å². The molecule has 1 fully saturated rings. The maximum absolute atomic E-state index is 5.60. The number of hydrogen-bond acceptors (Lipinski definition) is 4. The predicted octanol–water partition coefficient (Wildman–Crippen LogP) is 2.77. The van der Waals surface area contributed by atoms with Crippen LogP contribution in [0.3, 0.4) is 0 Å². The molecule has 1 aliphatic rings. The summed E-state index contributed by atoms with van der Waals surface area (Å²) < 4.78 is 12.0. The fourth-order valence-corrected chi connectivity index (χ4v) is 1.83. The second kappa shape index (κ2) is 5.26. The predicted molar refractivity (Wildman–Crippen MR) is 64.8 cm³/mol. The van der Waals surface area contributed by atoms with Crippen LogP contribution in [0.5, 0.6) is 0 Å². The highest BCUT2D eigenvalue weighted by atomic mass is 32.2. The molecule has 2 nitrogen and oxygen atoms in total.